The van der Waals surface area contributed by atoms with Crippen LogP contribution in [-0.4, -0.2) is 30.6 Å². The van der Waals surface area contributed by atoms with E-state index in [4.69, 9.17) is 9.47 Å². The monoisotopic (exact) mass is 289 g/mol. The zero-order valence-electron chi connectivity index (χ0n) is 13.3. The van der Waals surface area contributed by atoms with Gasteiger partial charge in [0.1, 0.15) is 0 Å². The lowest BCUT2D eigenvalue weighted by Crippen LogP contribution is -2.23. The van der Waals surface area contributed by atoms with Gasteiger partial charge in [0.25, 0.3) is 0 Å². The molecule has 2 fully saturated rings. The van der Waals surface area contributed by atoms with E-state index in [1.807, 2.05) is 18.2 Å². The maximum Gasteiger partial charge on any atom is 0.205 e. The maximum atomic E-state index is 5.85. The summed E-state index contributed by atoms with van der Waals surface area (Å²) in [6.07, 6.45) is 9.62. The number of benzene rings is 1. The summed E-state index contributed by atoms with van der Waals surface area (Å²) < 4.78 is 11.2. The Labute approximate surface area is 128 Å². The normalized spacial score (nSPS) is 24.0. The molecule has 116 valence electrons. The van der Waals surface area contributed by atoms with E-state index < -0.39 is 0 Å². The molecule has 1 aromatic rings. The quantitative estimate of drug-likeness (QED) is 0.824. The Balaban J connectivity index is 0.000000143. The van der Waals surface area contributed by atoms with Crippen molar-refractivity contribution in [3.8, 4) is 17.2 Å². The number of likely N-dealkylation sites (tertiary alicyclic amines) is 1. The number of hydrogen-bond acceptors (Lipinski definition) is 3. The number of para-hydroxylation sites is 1. The second kappa shape index (κ2) is 6.69. The molecule has 3 nitrogen and oxygen atoms in total. The molecular weight excluding hydrogens is 262 g/mol. The van der Waals surface area contributed by atoms with Crippen molar-refractivity contribution in [3.05, 3.63) is 18.2 Å². The first-order valence-corrected chi connectivity index (χ1v) is 8.45. The van der Waals surface area contributed by atoms with Crippen LogP contribution < -0.4 is 9.47 Å². The Hall–Kier alpha value is -1.22. The number of rotatable bonds is 3. The summed E-state index contributed by atoms with van der Waals surface area (Å²) in [7, 11) is 2.22. The molecule has 1 aromatic carbocycles. The van der Waals surface area contributed by atoms with Crippen molar-refractivity contribution in [3.63, 3.8) is 0 Å². The summed E-state index contributed by atoms with van der Waals surface area (Å²) in [5.74, 6) is 2.79. The Kier molecular flexibility index (Phi) is 4.69. The number of nitrogens with zero attached hydrogens (tertiary/aromatic N) is 1. The van der Waals surface area contributed by atoms with Crippen LogP contribution in [0, 0.1) is 0 Å². The van der Waals surface area contributed by atoms with Crippen LogP contribution >= 0.6 is 0 Å². The van der Waals surface area contributed by atoms with Crippen LogP contribution in [0.2, 0.25) is 0 Å². The second-order valence-electron chi connectivity index (χ2n) is 6.39. The lowest BCUT2D eigenvalue weighted by atomic mass is 10.2. The molecule has 1 saturated heterocycles. The predicted molar refractivity (Wildman–Crippen MR) is 85.3 cm³/mol. The molecular formula is C18H27NO2. The van der Waals surface area contributed by atoms with Gasteiger partial charge in [-0.1, -0.05) is 13.0 Å². The highest BCUT2D eigenvalue weighted by atomic mass is 16.6. The van der Waals surface area contributed by atoms with Gasteiger partial charge in [0, 0.05) is 6.04 Å². The van der Waals surface area contributed by atoms with Crippen molar-refractivity contribution in [1.29, 1.82) is 0 Å². The van der Waals surface area contributed by atoms with Crippen molar-refractivity contribution >= 4 is 0 Å². The Morgan fingerprint density at radius 1 is 1.14 bits per heavy atom. The molecule has 5 rings (SSSR count). The highest BCUT2D eigenvalue weighted by Gasteiger charge is 2.27. The second-order valence-corrected chi connectivity index (χ2v) is 6.39. The summed E-state index contributed by atoms with van der Waals surface area (Å²) in [5, 5.41) is 0. The SMILES string of the molecule is CCC1CCCN1C.c1cc2c(OC3CCCC3)c(c1)O2. The minimum Gasteiger partial charge on any atom is -0.483 e. The lowest BCUT2D eigenvalue weighted by Gasteiger charge is -2.25. The molecule has 0 amide bonds. The van der Waals surface area contributed by atoms with Gasteiger partial charge in [-0.05, 0) is 70.7 Å². The van der Waals surface area contributed by atoms with Crippen LogP contribution in [0.5, 0.6) is 17.2 Å². The molecule has 0 radical (unpaired) electrons. The van der Waals surface area contributed by atoms with Crippen LogP contribution in [0.3, 0.4) is 0 Å². The van der Waals surface area contributed by atoms with Crippen LogP contribution in [0.25, 0.3) is 0 Å². The number of ether oxygens (including phenoxy) is 2. The van der Waals surface area contributed by atoms with Gasteiger partial charge in [0.2, 0.25) is 5.75 Å². The topological polar surface area (TPSA) is 21.7 Å². The first-order valence-electron chi connectivity index (χ1n) is 8.45. The van der Waals surface area contributed by atoms with E-state index >= 15 is 0 Å². The van der Waals surface area contributed by atoms with Gasteiger partial charge in [-0.2, -0.15) is 0 Å². The minimum absolute atomic E-state index is 0.434. The summed E-state index contributed by atoms with van der Waals surface area (Å²) in [5.41, 5.74) is 0. The van der Waals surface area contributed by atoms with E-state index in [1.165, 1.54) is 51.5 Å². The maximum absolute atomic E-state index is 5.85. The van der Waals surface area contributed by atoms with Gasteiger partial charge >= 0.3 is 0 Å². The van der Waals surface area contributed by atoms with E-state index in [-0.39, 0.29) is 0 Å². The molecule has 2 bridgehead atoms. The zero-order chi connectivity index (χ0) is 14.7. The molecule has 21 heavy (non-hydrogen) atoms. The predicted octanol–water partition coefficient (Wildman–Crippen LogP) is 4.60. The number of fused-ring (bicyclic) bond motifs is 2. The van der Waals surface area contributed by atoms with Gasteiger partial charge in [-0.3, -0.25) is 0 Å². The molecule has 0 N–H and O–H groups in total. The van der Waals surface area contributed by atoms with Crippen LogP contribution in [-0.2, 0) is 0 Å². The fourth-order valence-corrected chi connectivity index (χ4v) is 3.51. The lowest BCUT2D eigenvalue weighted by molar-refractivity contribution is 0.179. The molecule has 3 aliphatic heterocycles. The Morgan fingerprint density at radius 2 is 1.86 bits per heavy atom. The van der Waals surface area contributed by atoms with E-state index in [9.17, 15) is 0 Å². The summed E-state index contributed by atoms with van der Waals surface area (Å²) in [6.45, 7) is 3.59. The summed E-state index contributed by atoms with van der Waals surface area (Å²) >= 11 is 0. The van der Waals surface area contributed by atoms with Crippen molar-refractivity contribution in [2.75, 3.05) is 13.6 Å². The van der Waals surface area contributed by atoms with Gasteiger partial charge in [-0.15, -0.1) is 0 Å². The molecule has 3 heterocycles. The molecule has 3 heteroatoms. The van der Waals surface area contributed by atoms with E-state index in [2.05, 4.69) is 18.9 Å². The standard InChI is InChI=1S/C11H12O2.C7H15N/c1-2-5-8(4-1)12-11-9-6-3-7-10(11)13-9;1-3-7-5-4-6-8(7)2/h3,6-8H,1-2,4-5H2;7H,3-6H2,1-2H3. The van der Waals surface area contributed by atoms with Crippen LogP contribution in [0.4, 0.5) is 0 Å². The summed E-state index contributed by atoms with van der Waals surface area (Å²) in [6, 6.07) is 6.81. The first kappa shape index (κ1) is 14.7. The molecule has 1 saturated carbocycles. The summed E-state index contributed by atoms with van der Waals surface area (Å²) in [4.78, 5) is 2.46. The Morgan fingerprint density at radius 3 is 2.33 bits per heavy atom. The number of hydrogen-bond donors (Lipinski definition) is 0. The van der Waals surface area contributed by atoms with E-state index in [0.717, 1.165) is 23.3 Å². The third-order valence-corrected chi connectivity index (χ3v) is 4.89. The smallest absolute Gasteiger partial charge is 0.205 e. The van der Waals surface area contributed by atoms with E-state index in [0.29, 0.717) is 6.10 Å². The highest BCUT2D eigenvalue weighted by molar-refractivity contribution is 5.60. The van der Waals surface area contributed by atoms with Gasteiger partial charge < -0.3 is 14.4 Å². The fraction of sp³-hybridized carbons (Fsp3) is 0.667. The molecule has 1 unspecified atom stereocenters. The van der Waals surface area contributed by atoms with Crippen LogP contribution in [0.1, 0.15) is 51.9 Å². The zero-order valence-corrected chi connectivity index (χ0v) is 13.3. The molecule has 4 aliphatic rings. The van der Waals surface area contributed by atoms with E-state index in [1.54, 1.807) is 0 Å². The fourth-order valence-electron chi connectivity index (χ4n) is 3.51. The van der Waals surface area contributed by atoms with Crippen molar-refractivity contribution < 1.29 is 9.47 Å². The highest BCUT2D eigenvalue weighted by Crippen LogP contribution is 2.50. The first-order chi connectivity index (χ1) is 10.3. The minimum atomic E-state index is 0.434. The Bertz CT molecular complexity index is 448. The van der Waals surface area contributed by atoms with Crippen molar-refractivity contribution in [2.24, 2.45) is 0 Å². The molecule has 1 aliphatic carbocycles. The largest absolute Gasteiger partial charge is 0.483 e. The average molecular weight is 289 g/mol. The van der Waals surface area contributed by atoms with Gasteiger partial charge in [0.15, 0.2) is 11.5 Å². The third kappa shape index (κ3) is 3.34. The van der Waals surface area contributed by atoms with Gasteiger partial charge in [0.05, 0.1) is 6.10 Å². The van der Waals surface area contributed by atoms with Crippen LogP contribution in [0.15, 0.2) is 18.2 Å². The third-order valence-electron chi connectivity index (χ3n) is 4.89. The molecule has 1 atom stereocenters. The molecule has 0 aromatic heterocycles. The molecule has 0 spiro atoms. The van der Waals surface area contributed by atoms with Gasteiger partial charge in [-0.25, -0.2) is 0 Å². The van der Waals surface area contributed by atoms with Crippen molar-refractivity contribution in [1.82, 2.24) is 4.90 Å². The average Bonchev–Trinajstić information content (AvgIpc) is 3.17. The van der Waals surface area contributed by atoms with Crippen molar-refractivity contribution in [2.45, 2.75) is 64.0 Å².